The number of benzene rings is 1. The average molecular weight is 589 g/mol. The van der Waals surface area contributed by atoms with Crippen LogP contribution in [-0.4, -0.2) is 66.8 Å². The minimum atomic E-state index is -2.11. The zero-order chi connectivity index (χ0) is 31.0. The summed E-state index contributed by atoms with van der Waals surface area (Å²) in [6.45, 7) is 18.4. The lowest BCUT2D eigenvalue weighted by Gasteiger charge is -2.36. The Kier molecular flexibility index (Phi) is 12.1. The Hall–Kier alpha value is -3.18. The molecule has 0 bridgehead atoms. The maximum atomic E-state index is 13.7. The number of hydrogen-bond donors (Lipinski definition) is 4. The first-order valence-electron chi connectivity index (χ1n) is 14.3. The van der Waals surface area contributed by atoms with Gasteiger partial charge < -0.3 is 20.2 Å². The van der Waals surface area contributed by atoms with Gasteiger partial charge in [0.05, 0.1) is 0 Å². The Balaban J connectivity index is 2.34. The predicted octanol–water partition coefficient (Wildman–Crippen LogP) is 3.79. The van der Waals surface area contributed by atoms with Gasteiger partial charge in [0, 0.05) is 19.4 Å². The molecule has 0 spiro atoms. The van der Waals surface area contributed by atoms with Gasteiger partial charge in [0.2, 0.25) is 20.1 Å². The van der Waals surface area contributed by atoms with Crippen LogP contribution in [-0.2, 0) is 25.6 Å². The van der Waals surface area contributed by atoms with E-state index in [0.29, 0.717) is 31.6 Å². The number of nitrogens with zero attached hydrogens (tertiary/aromatic N) is 1. The highest BCUT2D eigenvalue weighted by atomic mass is 28.4. The fourth-order valence-corrected chi connectivity index (χ4v) is 5.23. The lowest BCUT2D eigenvalue weighted by molar-refractivity contribution is -0.148. The summed E-state index contributed by atoms with van der Waals surface area (Å²) in [6.07, 6.45) is 3.40. The molecule has 1 aromatic carbocycles. The first kappa shape index (κ1) is 34.0. The Bertz CT molecular complexity index is 1100. The number of nitrogens with one attached hydrogen (secondary N) is 3. The Morgan fingerprint density at radius 3 is 2.49 bits per heavy atom. The molecule has 1 aromatic rings. The van der Waals surface area contributed by atoms with E-state index in [-0.39, 0.29) is 29.7 Å². The monoisotopic (exact) mass is 588 g/mol. The molecular formula is C30H48N4O6Si. The second-order valence-corrected chi connectivity index (χ2v) is 17.3. The zero-order valence-electron chi connectivity index (χ0n) is 25.6. The van der Waals surface area contributed by atoms with Crippen molar-refractivity contribution in [3.8, 4) is 5.75 Å². The van der Waals surface area contributed by atoms with Crippen LogP contribution in [0.15, 0.2) is 36.9 Å². The summed E-state index contributed by atoms with van der Waals surface area (Å²) in [7, 11) is -2.11. The van der Waals surface area contributed by atoms with Gasteiger partial charge in [-0.3, -0.25) is 24.2 Å². The fraction of sp³-hybridized carbons (Fsp3) is 0.600. The van der Waals surface area contributed by atoms with Crippen LogP contribution in [0, 0.1) is 5.92 Å². The van der Waals surface area contributed by atoms with E-state index < -0.39 is 44.2 Å². The minimum absolute atomic E-state index is 0.00193. The van der Waals surface area contributed by atoms with Crippen LogP contribution in [0.3, 0.4) is 0 Å². The van der Waals surface area contributed by atoms with Crippen molar-refractivity contribution in [2.45, 2.75) is 103 Å². The van der Waals surface area contributed by atoms with E-state index in [4.69, 9.17) is 4.43 Å². The highest BCUT2D eigenvalue weighted by molar-refractivity contribution is 6.74. The van der Waals surface area contributed by atoms with Crippen LogP contribution in [0.2, 0.25) is 18.1 Å². The van der Waals surface area contributed by atoms with Crippen molar-refractivity contribution in [1.82, 2.24) is 21.1 Å². The number of carbonyl (C=O) groups excluding carboxylic acids is 3. The Morgan fingerprint density at radius 1 is 1.22 bits per heavy atom. The molecule has 2 rings (SSSR count). The summed E-state index contributed by atoms with van der Waals surface area (Å²) in [5.74, 6) is -1.78. The summed E-state index contributed by atoms with van der Waals surface area (Å²) in [6, 6.07) is 4.75. The molecule has 3 amide bonds. The topological polar surface area (TPSA) is 137 Å². The second kappa shape index (κ2) is 14.6. The van der Waals surface area contributed by atoms with E-state index in [0.717, 1.165) is 5.56 Å². The molecule has 0 saturated carbocycles. The molecule has 4 N–H and O–H groups in total. The van der Waals surface area contributed by atoms with E-state index in [2.05, 4.69) is 56.5 Å². The van der Waals surface area contributed by atoms with Crippen LogP contribution >= 0.6 is 0 Å². The van der Waals surface area contributed by atoms with Crippen LogP contribution in [0.25, 0.3) is 0 Å². The standard InChI is InChI=1S/C30H48N4O6Si/c1-9-10-16-25(35)32-26(20(2)3)27(36)31-24(28(37)34-17-12-15-23(33-34)29(38)39)19-21-13-11-14-22(18-21)40-41(7,8)30(4,5)6/h9,11,13-14,18,20,23-24,26,33H,1,10,12,15-17,19H2,2-8H3,(H,31,36)(H,32,35)(H,38,39)/t23-,24-,26-/m0/s1. The molecule has 41 heavy (non-hydrogen) atoms. The number of amides is 3. The number of carboxylic acid groups (broad SMARTS) is 1. The number of rotatable bonds is 13. The van der Waals surface area contributed by atoms with Crippen molar-refractivity contribution in [2.24, 2.45) is 5.92 Å². The molecule has 1 saturated heterocycles. The predicted molar refractivity (Wildman–Crippen MR) is 162 cm³/mol. The van der Waals surface area contributed by atoms with Gasteiger partial charge in [-0.2, -0.15) is 0 Å². The number of carboxylic acids is 1. The second-order valence-electron chi connectivity index (χ2n) is 12.5. The molecular weight excluding hydrogens is 540 g/mol. The van der Waals surface area contributed by atoms with Crippen LogP contribution < -0.4 is 20.5 Å². The van der Waals surface area contributed by atoms with E-state index in [1.807, 2.05) is 38.1 Å². The minimum Gasteiger partial charge on any atom is -0.543 e. The van der Waals surface area contributed by atoms with Crippen LogP contribution in [0.1, 0.15) is 65.9 Å². The molecule has 1 aliphatic heterocycles. The molecule has 1 fully saturated rings. The smallest absolute Gasteiger partial charge is 0.322 e. The summed E-state index contributed by atoms with van der Waals surface area (Å²) >= 11 is 0. The molecule has 0 aromatic heterocycles. The third-order valence-electron chi connectivity index (χ3n) is 7.72. The van der Waals surface area contributed by atoms with E-state index >= 15 is 0 Å². The molecule has 1 heterocycles. The normalized spacial score (nSPS) is 17.4. The highest BCUT2D eigenvalue weighted by Gasteiger charge is 2.39. The number of hydrazine groups is 1. The number of hydrogen-bond acceptors (Lipinski definition) is 6. The molecule has 1 aliphatic rings. The van der Waals surface area contributed by atoms with E-state index in [9.17, 15) is 24.3 Å². The van der Waals surface area contributed by atoms with Crippen LogP contribution in [0.4, 0.5) is 0 Å². The van der Waals surface area contributed by atoms with Gasteiger partial charge in [0.1, 0.15) is 23.9 Å². The van der Waals surface area contributed by atoms with Crippen molar-refractivity contribution in [3.05, 3.63) is 42.5 Å². The average Bonchev–Trinajstić information content (AvgIpc) is 2.88. The van der Waals surface area contributed by atoms with Gasteiger partial charge >= 0.3 is 5.97 Å². The summed E-state index contributed by atoms with van der Waals surface area (Å²) in [5.41, 5.74) is 3.57. The van der Waals surface area contributed by atoms with Crippen molar-refractivity contribution in [2.75, 3.05) is 6.54 Å². The molecule has 228 valence electrons. The maximum Gasteiger partial charge on any atom is 0.322 e. The fourth-order valence-electron chi connectivity index (χ4n) is 4.21. The largest absolute Gasteiger partial charge is 0.543 e. The molecule has 3 atom stereocenters. The quantitative estimate of drug-likeness (QED) is 0.203. The Labute approximate surface area is 245 Å². The molecule has 11 heteroatoms. The van der Waals surface area contributed by atoms with Crippen molar-refractivity contribution in [1.29, 1.82) is 0 Å². The van der Waals surface area contributed by atoms with Gasteiger partial charge in [-0.25, -0.2) is 5.43 Å². The maximum absolute atomic E-state index is 13.7. The summed E-state index contributed by atoms with van der Waals surface area (Å²) in [4.78, 5) is 51.2. The van der Waals surface area contributed by atoms with Crippen molar-refractivity contribution < 1.29 is 28.7 Å². The lowest BCUT2D eigenvalue weighted by Crippen LogP contribution is -2.61. The third-order valence-corrected chi connectivity index (χ3v) is 12.1. The number of allylic oxidation sites excluding steroid dienone is 1. The lowest BCUT2D eigenvalue weighted by atomic mass is 10.00. The van der Waals surface area contributed by atoms with Gasteiger partial charge in [0.25, 0.3) is 5.91 Å². The zero-order valence-corrected chi connectivity index (χ0v) is 26.6. The van der Waals surface area contributed by atoms with Crippen molar-refractivity contribution >= 4 is 32.0 Å². The third kappa shape index (κ3) is 10.00. The van der Waals surface area contributed by atoms with Gasteiger partial charge in [0.15, 0.2) is 0 Å². The summed E-state index contributed by atoms with van der Waals surface area (Å²) < 4.78 is 6.46. The Morgan fingerprint density at radius 2 is 1.90 bits per heavy atom. The highest BCUT2D eigenvalue weighted by Crippen LogP contribution is 2.37. The summed E-state index contributed by atoms with van der Waals surface area (Å²) in [5, 5.41) is 16.4. The van der Waals surface area contributed by atoms with Crippen LogP contribution in [0.5, 0.6) is 5.75 Å². The van der Waals surface area contributed by atoms with E-state index in [1.165, 1.54) is 5.01 Å². The van der Waals surface area contributed by atoms with Crippen molar-refractivity contribution in [3.63, 3.8) is 0 Å². The first-order chi connectivity index (χ1) is 19.1. The number of aliphatic carboxylic acids is 1. The molecule has 0 radical (unpaired) electrons. The van der Waals surface area contributed by atoms with Gasteiger partial charge in [-0.15, -0.1) is 6.58 Å². The first-order valence-corrected chi connectivity index (χ1v) is 17.3. The van der Waals surface area contributed by atoms with E-state index in [1.54, 1.807) is 6.08 Å². The van der Waals surface area contributed by atoms with Gasteiger partial charge in [-0.1, -0.05) is 52.8 Å². The molecule has 0 aliphatic carbocycles. The number of carbonyl (C=O) groups is 4. The molecule has 0 unspecified atom stereocenters. The SMILES string of the molecule is C=CCCC(=O)N[C@H](C(=O)N[C@@H](Cc1cccc(O[Si](C)(C)C(C)(C)C)c1)C(=O)N1CCC[C@@H](C(=O)O)N1)C(C)C. The molecule has 10 nitrogen and oxygen atoms in total. The van der Waals surface area contributed by atoms with Gasteiger partial charge in [-0.05, 0) is 61.0 Å².